The number of carbonyl (C=O) groups excluding carboxylic acids is 1. The van der Waals surface area contributed by atoms with Gasteiger partial charge in [0.15, 0.2) is 9.84 Å². The average molecular weight is 266 g/mol. The third kappa shape index (κ3) is 3.95. The van der Waals surface area contributed by atoms with Crippen molar-refractivity contribution in [2.24, 2.45) is 5.73 Å². The Morgan fingerprint density at radius 2 is 2.25 bits per heavy atom. The molecule has 94 valence electrons. The predicted octanol–water partition coefficient (Wildman–Crippen LogP) is -0.676. The van der Waals surface area contributed by atoms with E-state index >= 15 is 0 Å². The maximum absolute atomic E-state index is 11.7. The zero-order valence-corrected chi connectivity index (χ0v) is 11.0. The first kappa shape index (κ1) is 13.8. The molecule has 1 unspecified atom stereocenters. The lowest BCUT2D eigenvalue weighted by atomic mass is 10.2. The number of nitrogens with zero attached hydrogens (tertiary/aromatic N) is 1. The molecule has 1 aliphatic heterocycles. The molecule has 7 heteroatoms. The second-order valence-electron chi connectivity index (χ2n) is 3.90. The number of nitrogens with two attached hydrogens (primary N) is 1. The molecule has 1 aliphatic rings. The Morgan fingerprint density at radius 1 is 1.56 bits per heavy atom. The number of thioether (sulfide) groups is 1. The zero-order valence-electron chi connectivity index (χ0n) is 9.39. The molecule has 2 N–H and O–H groups in total. The van der Waals surface area contributed by atoms with Gasteiger partial charge in [0.05, 0.1) is 17.3 Å². The first-order chi connectivity index (χ1) is 7.46. The van der Waals surface area contributed by atoms with E-state index in [-0.39, 0.29) is 23.5 Å². The predicted molar refractivity (Wildman–Crippen MR) is 66.2 cm³/mol. The van der Waals surface area contributed by atoms with Crippen molar-refractivity contribution in [3.8, 4) is 0 Å². The molecule has 0 aromatic rings. The fourth-order valence-corrected chi connectivity index (χ4v) is 4.09. The van der Waals surface area contributed by atoms with Crippen molar-refractivity contribution in [1.29, 1.82) is 0 Å². The summed E-state index contributed by atoms with van der Waals surface area (Å²) in [5.41, 5.74) is 5.32. The topological polar surface area (TPSA) is 80.5 Å². The van der Waals surface area contributed by atoms with E-state index in [0.29, 0.717) is 18.7 Å². The second-order valence-corrected chi connectivity index (χ2v) is 7.24. The lowest BCUT2D eigenvalue weighted by molar-refractivity contribution is -0.128. The molecule has 0 aromatic carbocycles. The van der Waals surface area contributed by atoms with Crippen LogP contribution in [0.1, 0.15) is 6.42 Å². The summed E-state index contributed by atoms with van der Waals surface area (Å²) in [6.07, 6.45) is 0.562. The summed E-state index contributed by atoms with van der Waals surface area (Å²) in [5.74, 6) is 1.43. The molecule has 0 aliphatic carbocycles. The number of hydrogen-bond donors (Lipinski definition) is 1. The van der Waals surface area contributed by atoms with Gasteiger partial charge in [-0.3, -0.25) is 4.79 Å². The van der Waals surface area contributed by atoms with Crippen molar-refractivity contribution in [3.63, 3.8) is 0 Å². The molecule has 0 spiro atoms. The molecule has 1 heterocycles. The smallest absolute Gasteiger partial charge is 0.232 e. The van der Waals surface area contributed by atoms with Crippen molar-refractivity contribution in [1.82, 2.24) is 4.90 Å². The Hall–Kier alpha value is -0.270. The van der Waals surface area contributed by atoms with Gasteiger partial charge in [-0.15, -0.1) is 0 Å². The lowest BCUT2D eigenvalue weighted by Crippen LogP contribution is -2.39. The Morgan fingerprint density at radius 3 is 2.75 bits per heavy atom. The number of carbonyl (C=O) groups is 1. The van der Waals surface area contributed by atoms with Gasteiger partial charge in [-0.05, 0) is 6.42 Å². The van der Waals surface area contributed by atoms with Crippen LogP contribution in [0.3, 0.4) is 0 Å². The van der Waals surface area contributed by atoms with E-state index in [0.717, 1.165) is 5.75 Å². The average Bonchev–Trinajstić information content (AvgIpc) is 2.58. The molecule has 0 bridgehead atoms. The molecule has 5 nitrogen and oxygen atoms in total. The standard InChI is InChI=1S/C9H18N2O3S2/c1-11(9(12)6-15-4-3-10)8-2-5-16(13,14)7-8/h8H,2-7,10H2,1H3. The summed E-state index contributed by atoms with van der Waals surface area (Å²) in [5, 5.41) is 0. The fourth-order valence-electron chi connectivity index (χ4n) is 1.63. The summed E-state index contributed by atoms with van der Waals surface area (Å²) in [7, 11) is -1.24. The third-order valence-electron chi connectivity index (χ3n) is 2.64. The van der Waals surface area contributed by atoms with Gasteiger partial charge in [0, 0.05) is 25.4 Å². The minimum absolute atomic E-state index is 0.0134. The lowest BCUT2D eigenvalue weighted by Gasteiger charge is -2.23. The van der Waals surface area contributed by atoms with E-state index in [1.54, 1.807) is 11.9 Å². The van der Waals surface area contributed by atoms with Crippen molar-refractivity contribution in [2.75, 3.05) is 36.6 Å². The summed E-state index contributed by atoms with van der Waals surface area (Å²) in [6, 6.07) is -0.143. The maximum atomic E-state index is 11.7. The van der Waals surface area contributed by atoms with Crippen LogP contribution in [0.2, 0.25) is 0 Å². The van der Waals surface area contributed by atoms with Crippen LogP contribution in [0.4, 0.5) is 0 Å². The van der Waals surface area contributed by atoms with Gasteiger partial charge in [0.25, 0.3) is 0 Å². The number of hydrogen-bond acceptors (Lipinski definition) is 5. The minimum atomic E-state index is -2.92. The van der Waals surface area contributed by atoms with Crippen molar-refractivity contribution < 1.29 is 13.2 Å². The van der Waals surface area contributed by atoms with Crippen LogP contribution in [0, 0.1) is 0 Å². The van der Waals surface area contributed by atoms with Crippen LogP contribution in [0.15, 0.2) is 0 Å². The monoisotopic (exact) mass is 266 g/mol. The summed E-state index contributed by atoms with van der Waals surface area (Å²) < 4.78 is 22.5. The van der Waals surface area contributed by atoms with E-state index in [2.05, 4.69) is 0 Å². The molecular formula is C9H18N2O3S2. The van der Waals surface area contributed by atoms with Crippen LogP contribution in [0.25, 0.3) is 0 Å². The van der Waals surface area contributed by atoms with E-state index < -0.39 is 9.84 Å². The van der Waals surface area contributed by atoms with E-state index in [9.17, 15) is 13.2 Å². The van der Waals surface area contributed by atoms with Crippen LogP contribution in [0.5, 0.6) is 0 Å². The Kier molecular flexibility index (Phi) is 5.07. The van der Waals surface area contributed by atoms with Crippen molar-refractivity contribution in [3.05, 3.63) is 0 Å². The minimum Gasteiger partial charge on any atom is -0.341 e. The first-order valence-corrected chi connectivity index (χ1v) is 8.18. The maximum Gasteiger partial charge on any atom is 0.232 e. The molecule has 1 fully saturated rings. The molecule has 0 radical (unpaired) electrons. The van der Waals surface area contributed by atoms with E-state index in [1.807, 2.05) is 0 Å². The van der Waals surface area contributed by atoms with Crippen molar-refractivity contribution >= 4 is 27.5 Å². The molecule has 1 saturated heterocycles. The van der Waals surface area contributed by atoms with Gasteiger partial charge < -0.3 is 10.6 Å². The van der Waals surface area contributed by atoms with Gasteiger partial charge in [0.1, 0.15) is 0 Å². The number of sulfone groups is 1. The molecule has 16 heavy (non-hydrogen) atoms. The molecule has 1 amide bonds. The van der Waals surface area contributed by atoms with Crippen LogP contribution < -0.4 is 5.73 Å². The molecule has 0 aromatic heterocycles. The zero-order chi connectivity index (χ0) is 12.2. The highest BCUT2D eigenvalue weighted by molar-refractivity contribution is 7.99. The molecule has 1 atom stereocenters. The Labute approximate surface area is 101 Å². The largest absolute Gasteiger partial charge is 0.341 e. The highest BCUT2D eigenvalue weighted by Gasteiger charge is 2.32. The van der Waals surface area contributed by atoms with Gasteiger partial charge in [-0.25, -0.2) is 8.42 Å². The first-order valence-electron chi connectivity index (χ1n) is 5.20. The van der Waals surface area contributed by atoms with Gasteiger partial charge in [-0.2, -0.15) is 11.8 Å². The van der Waals surface area contributed by atoms with Gasteiger partial charge in [-0.1, -0.05) is 0 Å². The number of rotatable bonds is 5. The van der Waals surface area contributed by atoms with Gasteiger partial charge >= 0.3 is 0 Å². The highest BCUT2D eigenvalue weighted by Crippen LogP contribution is 2.17. The number of amides is 1. The third-order valence-corrected chi connectivity index (χ3v) is 5.36. The van der Waals surface area contributed by atoms with Crippen molar-refractivity contribution in [2.45, 2.75) is 12.5 Å². The second kappa shape index (κ2) is 5.88. The van der Waals surface area contributed by atoms with E-state index in [4.69, 9.17) is 5.73 Å². The molecule has 0 saturated carbocycles. The molecule has 1 rings (SSSR count). The van der Waals surface area contributed by atoms with Gasteiger partial charge in [0.2, 0.25) is 5.91 Å². The van der Waals surface area contributed by atoms with Crippen LogP contribution in [-0.2, 0) is 14.6 Å². The SMILES string of the molecule is CN(C(=O)CSCCN)C1CCS(=O)(=O)C1. The molecular weight excluding hydrogens is 248 g/mol. The summed E-state index contributed by atoms with van der Waals surface area (Å²) in [4.78, 5) is 13.2. The normalized spacial score (nSPS) is 23.2. The van der Waals surface area contributed by atoms with Crippen LogP contribution in [-0.4, -0.2) is 61.9 Å². The summed E-state index contributed by atoms with van der Waals surface area (Å²) >= 11 is 1.48. The Bertz CT molecular complexity index is 343. The summed E-state index contributed by atoms with van der Waals surface area (Å²) in [6.45, 7) is 0.555. The quantitative estimate of drug-likeness (QED) is 0.667. The highest BCUT2D eigenvalue weighted by atomic mass is 32.2. The fraction of sp³-hybridized carbons (Fsp3) is 0.889. The van der Waals surface area contributed by atoms with E-state index in [1.165, 1.54) is 11.8 Å². The van der Waals surface area contributed by atoms with Crippen LogP contribution >= 0.6 is 11.8 Å². The Balaban J connectivity index is 2.40.